The number of rotatable bonds is 5. The molecule has 5 nitrogen and oxygen atoms in total. The first-order valence-corrected chi connectivity index (χ1v) is 9.17. The standard InChI is InChI=1S/C15H30N4O.C2H6/c1-3-5-16-6-8-17(9-7-16)14-18-10-12-19(13-11-18)15(20)4-2;1-2/h3-14H2,1-2H3;1-2H3. The van der Waals surface area contributed by atoms with Gasteiger partial charge in [0.1, 0.15) is 0 Å². The molecule has 22 heavy (non-hydrogen) atoms. The van der Waals surface area contributed by atoms with E-state index in [9.17, 15) is 4.79 Å². The van der Waals surface area contributed by atoms with Crippen LogP contribution in [-0.4, -0.2) is 91.1 Å². The minimum absolute atomic E-state index is 0.304. The Morgan fingerprint density at radius 1 is 0.773 bits per heavy atom. The number of hydrogen-bond donors (Lipinski definition) is 0. The fraction of sp³-hybridized carbons (Fsp3) is 0.941. The average molecular weight is 313 g/mol. The molecule has 2 rings (SSSR count). The molecule has 5 heteroatoms. The maximum atomic E-state index is 11.7. The first-order valence-electron chi connectivity index (χ1n) is 9.17. The molecular formula is C17H36N4O. The maximum Gasteiger partial charge on any atom is 0.222 e. The lowest BCUT2D eigenvalue weighted by atomic mass is 10.2. The monoisotopic (exact) mass is 312 g/mol. The maximum absolute atomic E-state index is 11.7. The van der Waals surface area contributed by atoms with Crippen molar-refractivity contribution >= 4 is 5.91 Å². The molecule has 0 bridgehead atoms. The SMILES string of the molecule is CC.CCCN1CCN(CN2CCN(C(=O)CC)CC2)CC1. The predicted molar refractivity (Wildman–Crippen MR) is 93.0 cm³/mol. The summed E-state index contributed by atoms with van der Waals surface area (Å²) in [6.07, 6.45) is 1.90. The van der Waals surface area contributed by atoms with Crippen LogP contribution < -0.4 is 0 Å². The summed E-state index contributed by atoms with van der Waals surface area (Å²) in [6, 6.07) is 0. The summed E-state index contributed by atoms with van der Waals surface area (Å²) >= 11 is 0. The first kappa shape index (κ1) is 19.4. The Bertz CT molecular complexity index is 295. The van der Waals surface area contributed by atoms with Crippen LogP contribution in [0.2, 0.25) is 0 Å². The molecule has 0 saturated carbocycles. The number of nitrogens with zero attached hydrogens (tertiary/aromatic N) is 4. The molecule has 0 unspecified atom stereocenters. The molecule has 0 atom stereocenters. The van der Waals surface area contributed by atoms with Crippen molar-refractivity contribution in [2.45, 2.75) is 40.5 Å². The van der Waals surface area contributed by atoms with Gasteiger partial charge in [-0.1, -0.05) is 27.7 Å². The molecule has 0 N–H and O–H groups in total. The number of carbonyl (C=O) groups excluding carboxylic acids is 1. The van der Waals surface area contributed by atoms with Gasteiger partial charge >= 0.3 is 0 Å². The summed E-state index contributed by atoms with van der Waals surface area (Å²) in [5, 5.41) is 0. The van der Waals surface area contributed by atoms with Crippen molar-refractivity contribution in [1.82, 2.24) is 19.6 Å². The summed E-state index contributed by atoms with van der Waals surface area (Å²) in [7, 11) is 0. The van der Waals surface area contributed by atoms with Crippen LogP contribution in [0.25, 0.3) is 0 Å². The molecular weight excluding hydrogens is 276 g/mol. The molecule has 1 amide bonds. The molecule has 0 aromatic heterocycles. The van der Waals surface area contributed by atoms with Gasteiger partial charge in [0.05, 0.1) is 6.67 Å². The van der Waals surface area contributed by atoms with Gasteiger partial charge in [0.2, 0.25) is 5.91 Å². The van der Waals surface area contributed by atoms with E-state index >= 15 is 0 Å². The van der Waals surface area contributed by atoms with Gasteiger partial charge in [-0.25, -0.2) is 0 Å². The van der Waals surface area contributed by atoms with Gasteiger partial charge in [-0.2, -0.15) is 0 Å². The van der Waals surface area contributed by atoms with Crippen LogP contribution in [0.15, 0.2) is 0 Å². The van der Waals surface area contributed by atoms with Crippen LogP contribution in [0.1, 0.15) is 40.5 Å². The van der Waals surface area contributed by atoms with E-state index in [1.165, 1.54) is 39.1 Å². The van der Waals surface area contributed by atoms with Crippen molar-refractivity contribution in [3.63, 3.8) is 0 Å². The minimum Gasteiger partial charge on any atom is -0.340 e. The molecule has 2 fully saturated rings. The van der Waals surface area contributed by atoms with Crippen LogP contribution in [0.5, 0.6) is 0 Å². The van der Waals surface area contributed by atoms with Gasteiger partial charge in [0.25, 0.3) is 0 Å². The molecule has 0 aromatic carbocycles. The van der Waals surface area contributed by atoms with Gasteiger partial charge in [-0.15, -0.1) is 0 Å². The Labute approximate surface area is 137 Å². The number of hydrogen-bond acceptors (Lipinski definition) is 4. The third-order valence-corrected chi connectivity index (χ3v) is 4.43. The molecule has 2 saturated heterocycles. The van der Waals surface area contributed by atoms with Crippen LogP contribution in [-0.2, 0) is 4.79 Å². The van der Waals surface area contributed by atoms with Crippen molar-refractivity contribution in [3.05, 3.63) is 0 Å². The fourth-order valence-corrected chi connectivity index (χ4v) is 3.12. The number of piperazine rings is 2. The van der Waals surface area contributed by atoms with Gasteiger partial charge in [0, 0.05) is 58.8 Å². The van der Waals surface area contributed by atoms with Crippen molar-refractivity contribution < 1.29 is 4.79 Å². The van der Waals surface area contributed by atoms with Crippen LogP contribution >= 0.6 is 0 Å². The van der Waals surface area contributed by atoms with Crippen molar-refractivity contribution in [1.29, 1.82) is 0 Å². The van der Waals surface area contributed by atoms with E-state index in [4.69, 9.17) is 0 Å². The number of carbonyl (C=O) groups is 1. The molecule has 2 aliphatic rings. The van der Waals surface area contributed by atoms with Crippen LogP contribution in [0.3, 0.4) is 0 Å². The Kier molecular flexibility index (Phi) is 9.68. The summed E-state index contributed by atoms with van der Waals surface area (Å²) in [5.41, 5.74) is 0. The summed E-state index contributed by atoms with van der Waals surface area (Å²) in [4.78, 5) is 21.3. The lowest BCUT2D eigenvalue weighted by Gasteiger charge is -2.40. The molecule has 2 aliphatic heterocycles. The second-order valence-corrected chi connectivity index (χ2v) is 5.95. The third kappa shape index (κ3) is 6.23. The summed E-state index contributed by atoms with van der Waals surface area (Å²) < 4.78 is 0. The molecule has 2 heterocycles. The van der Waals surface area contributed by atoms with Crippen molar-refractivity contribution in [2.24, 2.45) is 0 Å². The van der Waals surface area contributed by atoms with E-state index in [0.717, 1.165) is 32.8 Å². The van der Waals surface area contributed by atoms with Crippen molar-refractivity contribution in [2.75, 3.05) is 65.6 Å². The molecule has 0 radical (unpaired) electrons. The third-order valence-electron chi connectivity index (χ3n) is 4.43. The molecule has 0 spiro atoms. The van der Waals surface area contributed by atoms with E-state index in [0.29, 0.717) is 12.3 Å². The lowest BCUT2D eigenvalue weighted by Crippen LogP contribution is -2.54. The van der Waals surface area contributed by atoms with Crippen molar-refractivity contribution in [3.8, 4) is 0 Å². The summed E-state index contributed by atoms with van der Waals surface area (Å²) in [5.74, 6) is 0.304. The highest BCUT2D eigenvalue weighted by molar-refractivity contribution is 5.75. The summed E-state index contributed by atoms with van der Waals surface area (Å²) in [6.45, 7) is 19.2. The normalized spacial score (nSPS) is 21.4. The highest BCUT2D eigenvalue weighted by Crippen LogP contribution is 2.07. The molecule has 0 aliphatic carbocycles. The Morgan fingerprint density at radius 3 is 1.68 bits per heavy atom. The Hall–Kier alpha value is -0.650. The van der Waals surface area contributed by atoms with Gasteiger partial charge in [0.15, 0.2) is 0 Å². The zero-order chi connectivity index (χ0) is 16.4. The molecule has 130 valence electrons. The van der Waals surface area contributed by atoms with Crippen LogP contribution in [0, 0.1) is 0 Å². The van der Waals surface area contributed by atoms with E-state index in [1.807, 2.05) is 25.7 Å². The highest BCUT2D eigenvalue weighted by atomic mass is 16.2. The lowest BCUT2D eigenvalue weighted by molar-refractivity contribution is -0.132. The van der Waals surface area contributed by atoms with Gasteiger partial charge in [-0.05, 0) is 13.0 Å². The fourth-order valence-electron chi connectivity index (χ4n) is 3.12. The van der Waals surface area contributed by atoms with Crippen LogP contribution in [0.4, 0.5) is 0 Å². The minimum atomic E-state index is 0.304. The zero-order valence-corrected chi connectivity index (χ0v) is 15.2. The smallest absolute Gasteiger partial charge is 0.222 e. The second kappa shape index (κ2) is 11.0. The quantitative estimate of drug-likeness (QED) is 0.770. The zero-order valence-electron chi connectivity index (χ0n) is 15.2. The predicted octanol–water partition coefficient (Wildman–Crippen LogP) is 1.55. The highest BCUT2D eigenvalue weighted by Gasteiger charge is 2.23. The molecule has 0 aromatic rings. The van der Waals surface area contributed by atoms with E-state index in [2.05, 4.69) is 21.6 Å². The Morgan fingerprint density at radius 2 is 1.23 bits per heavy atom. The van der Waals surface area contributed by atoms with E-state index < -0.39 is 0 Å². The topological polar surface area (TPSA) is 30.0 Å². The number of amides is 1. The van der Waals surface area contributed by atoms with Gasteiger partial charge < -0.3 is 9.80 Å². The Balaban J connectivity index is 0.00000116. The van der Waals surface area contributed by atoms with E-state index in [1.54, 1.807) is 0 Å². The van der Waals surface area contributed by atoms with E-state index in [-0.39, 0.29) is 0 Å². The average Bonchev–Trinajstić information content (AvgIpc) is 2.59. The largest absolute Gasteiger partial charge is 0.340 e. The van der Waals surface area contributed by atoms with Gasteiger partial charge in [-0.3, -0.25) is 14.6 Å². The first-order chi connectivity index (χ1) is 10.7. The second-order valence-electron chi connectivity index (χ2n) is 5.95.